The second kappa shape index (κ2) is 5.84. The summed E-state index contributed by atoms with van der Waals surface area (Å²) in [7, 11) is 3.27. The molecule has 0 atom stereocenters. The van der Waals surface area contributed by atoms with Gasteiger partial charge >= 0.3 is 0 Å². The van der Waals surface area contributed by atoms with Gasteiger partial charge in [0.1, 0.15) is 12.1 Å². The minimum Gasteiger partial charge on any atom is -0.496 e. The molecule has 2 rings (SSSR count). The summed E-state index contributed by atoms with van der Waals surface area (Å²) in [6, 6.07) is 5.40. The topological polar surface area (TPSA) is 49.2 Å². The number of halogens is 1. The first-order chi connectivity index (χ1) is 8.76. The van der Waals surface area contributed by atoms with Crippen molar-refractivity contribution in [2.24, 2.45) is 0 Å². The molecule has 0 aliphatic rings. The molecule has 2 aromatic rings. The number of aromatic nitrogens is 3. The molecule has 96 valence electrons. The minimum atomic E-state index is 0.591. The number of benzene rings is 1. The van der Waals surface area contributed by atoms with E-state index in [0.717, 1.165) is 5.56 Å². The van der Waals surface area contributed by atoms with Gasteiger partial charge in [-0.2, -0.15) is 0 Å². The lowest BCUT2D eigenvalue weighted by atomic mass is 10.2. The van der Waals surface area contributed by atoms with Gasteiger partial charge in [0.25, 0.3) is 0 Å². The first kappa shape index (κ1) is 12.9. The lowest BCUT2D eigenvalue weighted by molar-refractivity contribution is 0.187. The molecule has 1 heterocycles. The summed E-state index contributed by atoms with van der Waals surface area (Å²) >= 11 is 6.01. The highest BCUT2D eigenvalue weighted by Crippen LogP contribution is 2.30. The molecule has 5 nitrogen and oxygen atoms in total. The van der Waals surface area contributed by atoms with Crippen LogP contribution in [0.4, 0.5) is 0 Å². The van der Waals surface area contributed by atoms with E-state index in [1.165, 1.54) is 0 Å². The lowest BCUT2D eigenvalue weighted by Crippen LogP contribution is -2.05. The summed E-state index contributed by atoms with van der Waals surface area (Å²) < 4.78 is 12.3. The third kappa shape index (κ3) is 2.63. The predicted octanol–water partition coefficient (Wildman–Crippen LogP) is 2.25. The Morgan fingerprint density at radius 3 is 2.89 bits per heavy atom. The Bertz CT molecular complexity index is 528. The zero-order valence-electron chi connectivity index (χ0n) is 10.3. The number of rotatable bonds is 5. The van der Waals surface area contributed by atoms with Crippen LogP contribution in [-0.4, -0.2) is 35.6 Å². The van der Waals surface area contributed by atoms with Crippen molar-refractivity contribution in [1.29, 1.82) is 0 Å². The van der Waals surface area contributed by atoms with Crippen molar-refractivity contribution < 1.29 is 9.47 Å². The Morgan fingerprint density at radius 2 is 2.17 bits per heavy atom. The number of hydrogen-bond donors (Lipinski definition) is 0. The van der Waals surface area contributed by atoms with Crippen LogP contribution >= 0.6 is 11.6 Å². The third-order valence-electron chi connectivity index (χ3n) is 2.55. The molecule has 0 amide bonds. The number of nitrogens with zero attached hydrogens (tertiary/aromatic N) is 3. The average Bonchev–Trinajstić information content (AvgIpc) is 2.84. The standard InChI is InChI=1S/C12H14ClN3O2/c1-17-6-5-16-8-14-15-12(16)10-7-9(13)3-4-11(10)18-2/h3-4,7-8H,5-6H2,1-2H3. The fourth-order valence-corrected chi connectivity index (χ4v) is 1.84. The summed E-state index contributed by atoms with van der Waals surface area (Å²) in [5.74, 6) is 1.43. The molecule has 0 radical (unpaired) electrons. The summed E-state index contributed by atoms with van der Waals surface area (Å²) in [6.07, 6.45) is 1.66. The molecule has 0 aliphatic heterocycles. The molecule has 1 aromatic heterocycles. The van der Waals surface area contributed by atoms with Gasteiger partial charge in [0.15, 0.2) is 5.82 Å². The van der Waals surface area contributed by atoms with E-state index in [0.29, 0.717) is 29.7 Å². The van der Waals surface area contributed by atoms with Crippen LogP contribution in [0.3, 0.4) is 0 Å². The lowest BCUT2D eigenvalue weighted by Gasteiger charge is -2.10. The monoisotopic (exact) mass is 267 g/mol. The van der Waals surface area contributed by atoms with E-state index >= 15 is 0 Å². The van der Waals surface area contributed by atoms with Gasteiger partial charge in [-0.3, -0.25) is 0 Å². The number of ether oxygens (including phenoxy) is 2. The maximum Gasteiger partial charge on any atom is 0.167 e. The van der Waals surface area contributed by atoms with E-state index < -0.39 is 0 Å². The second-order valence-corrected chi connectivity index (χ2v) is 4.12. The van der Waals surface area contributed by atoms with Crippen LogP contribution < -0.4 is 4.74 Å². The zero-order chi connectivity index (χ0) is 13.0. The van der Waals surface area contributed by atoms with Crippen molar-refractivity contribution in [2.45, 2.75) is 6.54 Å². The Hall–Kier alpha value is -1.59. The van der Waals surface area contributed by atoms with Crippen LogP contribution in [0.1, 0.15) is 0 Å². The highest BCUT2D eigenvalue weighted by atomic mass is 35.5. The predicted molar refractivity (Wildman–Crippen MR) is 68.9 cm³/mol. The van der Waals surface area contributed by atoms with Crippen molar-refractivity contribution in [3.8, 4) is 17.1 Å². The Labute approximate surface area is 110 Å². The van der Waals surface area contributed by atoms with E-state index in [1.54, 1.807) is 26.6 Å². The number of hydrogen-bond acceptors (Lipinski definition) is 4. The molecule has 0 spiro atoms. The molecule has 6 heteroatoms. The van der Waals surface area contributed by atoms with Crippen LogP contribution in [0.15, 0.2) is 24.5 Å². The third-order valence-corrected chi connectivity index (χ3v) is 2.79. The Kier molecular flexibility index (Phi) is 4.17. The van der Waals surface area contributed by atoms with E-state index in [1.807, 2.05) is 16.7 Å². The van der Waals surface area contributed by atoms with Crippen LogP contribution in [0.2, 0.25) is 5.02 Å². The second-order valence-electron chi connectivity index (χ2n) is 3.69. The normalized spacial score (nSPS) is 10.6. The first-order valence-electron chi connectivity index (χ1n) is 5.47. The van der Waals surface area contributed by atoms with Crippen LogP contribution in [0.25, 0.3) is 11.4 Å². The van der Waals surface area contributed by atoms with Gasteiger partial charge in [-0.05, 0) is 18.2 Å². The molecule has 0 saturated heterocycles. The molecule has 0 bridgehead atoms. The van der Waals surface area contributed by atoms with Crippen molar-refractivity contribution in [1.82, 2.24) is 14.8 Å². The van der Waals surface area contributed by atoms with Gasteiger partial charge < -0.3 is 14.0 Å². The van der Waals surface area contributed by atoms with E-state index in [9.17, 15) is 0 Å². The molecule has 0 fully saturated rings. The van der Waals surface area contributed by atoms with Crippen LogP contribution in [0.5, 0.6) is 5.75 Å². The Morgan fingerprint density at radius 1 is 1.33 bits per heavy atom. The minimum absolute atomic E-state index is 0.591. The van der Waals surface area contributed by atoms with E-state index in [4.69, 9.17) is 21.1 Å². The Balaban J connectivity index is 2.41. The van der Waals surface area contributed by atoms with E-state index in [2.05, 4.69) is 10.2 Å². The maximum atomic E-state index is 6.01. The molecule has 18 heavy (non-hydrogen) atoms. The summed E-state index contributed by atoms with van der Waals surface area (Å²) in [5, 5.41) is 8.65. The molecular weight excluding hydrogens is 254 g/mol. The van der Waals surface area contributed by atoms with Crippen LogP contribution in [0, 0.1) is 0 Å². The summed E-state index contributed by atoms with van der Waals surface area (Å²) in [5.41, 5.74) is 0.818. The first-order valence-corrected chi connectivity index (χ1v) is 5.84. The van der Waals surface area contributed by atoms with Gasteiger partial charge in [-0.15, -0.1) is 10.2 Å². The van der Waals surface area contributed by atoms with Gasteiger partial charge in [-0.25, -0.2) is 0 Å². The zero-order valence-corrected chi connectivity index (χ0v) is 11.0. The quantitative estimate of drug-likeness (QED) is 0.834. The largest absolute Gasteiger partial charge is 0.496 e. The van der Waals surface area contributed by atoms with Crippen molar-refractivity contribution in [2.75, 3.05) is 20.8 Å². The highest BCUT2D eigenvalue weighted by Gasteiger charge is 2.13. The maximum absolute atomic E-state index is 6.01. The van der Waals surface area contributed by atoms with Gasteiger partial charge in [0, 0.05) is 18.7 Å². The SMILES string of the molecule is COCCn1cnnc1-c1cc(Cl)ccc1OC. The van der Waals surface area contributed by atoms with Gasteiger partial charge in [-0.1, -0.05) is 11.6 Å². The number of methoxy groups -OCH3 is 2. The fraction of sp³-hybridized carbons (Fsp3) is 0.333. The summed E-state index contributed by atoms with van der Waals surface area (Å²) in [6.45, 7) is 1.27. The summed E-state index contributed by atoms with van der Waals surface area (Å²) in [4.78, 5) is 0. The average molecular weight is 268 g/mol. The molecular formula is C12H14ClN3O2. The van der Waals surface area contributed by atoms with Crippen molar-refractivity contribution >= 4 is 11.6 Å². The van der Waals surface area contributed by atoms with Gasteiger partial charge in [0.2, 0.25) is 0 Å². The van der Waals surface area contributed by atoms with Crippen molar-refractivity contribution in [3.05, 3.63) is 29.5 Å². The molecule has 0 aliphatic carbocycles. The molecule has 0 saturated carbocycles. The fourth-order valence-electron chi connectivity index (χ4n) is 1.67. The molecule has 1 aromatic carbocycles. The van der Waals surface area contributed by atoms with Crippen molar-refractivity contribution in [3.63, 3.8) is 0 Å². The molecule has 0 unspecified atom stereocenters. The smallest absolute Gasteiger partial charge is 0.167 e. The van der Waals surface area contributed by atoms with Gasteiger partial charge in [0.05, 0.1) is 19.3 Å². The van der Waals surface area contributed by atoms with E-state index in [-0.39, 0.29) is 0 Å². The highest BCUT2D eigenvalue weighted by molar-refractivity contribution is 6.30. The van der Waals surface area contributed by atoms with Crippen LogP contribution in [-0.2, 0) is 11.3 Å². The molecule has 0 N–H and O–H groups in total.